The molecule has 0 aliphatic heterocycles. The van der Waals surface area contributed by atoms with Crippen LogP contribution in [0.4, 0.5) is 4.39 Å². The fraction of sp³-hybridized carbons (Fsp3) is 0.760. The van der Waals surface area contributed by atoms with E-state index in [-0.39, 0.29) is 24.7 Å². The van der Waals surface area contributed by atoms with Gasteiger partial charge in [-0.15, -0.1) is 0 Å². The van der Waals surface area contributed by atoms with E-state index < -0.39 is 52.4 Å². The number of halogens is 1. The minimum Gasteiger partial charge on any atom is -0.394 e. The molecule has 0 heterocycles. The largest absolute Gasteiger partial charge is 0.394 e. The van der Waals surface area contributed by atoms with Crippen LogP contribution in [-0.2, 0) is 14.3 Å². The topological polar surface area (TPSA) is 124 Å². The first-order valence-corrected chi connectivity index (χ1v) is 11.7. The predicted octanol–water partition coefficient (Wildman–Crippen LogP) is 1.52. The lowest BCUT2D eigenvalue weighted by molar-refractivity contribution is -0.219. The third-order valence-electron chi connectivity index (χ3n) is 9.09. The van der Waals surface area contributed by atoms with Gasteiger partial charge in [0.25, 0.3) is 0 Å². The van der Waals surface area contributed by atoms with Crippen LogP contribution in [0.2, 0.25) is 0 Å². The van der Waals surface area contributed by atoms with Crippen molar-refractivity contribution in [3.8, 4) is 0 Å². The number of carbonyl (C=O) groups excluding carboxylic acids is 2. The van der Waals surface area contributed by atoms with Crippen molar-refractivity contribution in [2.24, 2.45) is 28.6 Å². The second-order valence-corrected chi connectivity index (χ2v) is 10.5. The van der Waals surface area contributed by atoms with E-state index in [1.165, 1.54) is 12.2 Å². The van der Waals surface area contributed by atoms with Crippen LogP contribution in [0.15, 0.2) is 23.8 Å². The van der Waals surface area contributed by atoms with E-state index in [1.807, 2.05) is 0 Å². The maximum atomic E-state index is 16.9. The maximum Gasteiger partial charge on any atom is 0.190 e. The van der Waals surface area contributed by atoms with Gasteiger partial charge >= 0.3 is 0 Å². The highest BCUT2D eigenvalue weighted by molar-refractivity contribution is 6.01. The number of carbonyl (C=O) groups is 2. The third-order valence-corrected chi connectivity index (χ3v) is 9.09. The van der Waals surface area contributed by atoms with Crippen molar-refractivity contribution in [2.75, 3.05) is 26.9 Å². The number of hydrogen-bond acceptors (Lipinski definition) is 7. The number of fused-ring (bicyclic) bond motifs is 5. The molecule has 3 saturated carbocycles. The second kappa shape index (κ2) is 8.96. The Kier molecular flexibility index (Phi) is 7.11. The van der Waals surface area contributed by atoms with Gasteiger partial charge in [-0.2, -0.15) is 0 Å². The van der Waals surface area contributed by atoms with Gasteiger partial charge in [0, 0.05) is 23.9 Å². The van der Waals surface area contributed by atoms with Crippen molar-refractivity contribution in [3.05, 3.63) is 23.8 Å². The molecule has 0 bridgehead atoms. The number of ether oxygens (including phenoxy) is 1. The molecule has 0 radical (unpaired) electrons. The van der Waals surface area contributed by atoms with E-state index in [4.69, 9.17) is 5.11 Å². The van der Waals surface area contributed by atoms with Crippen LogP contribution in [0.25, 0.3) is 0 Å². The van der Waals surface area contributed by atoms with Gasteiger partial charge in [0.15, 0.2) is 17.2 Å². The minimum absolute atomic E-state index is 0.0676. The average Bonchev–Trinajstić information content (AvgIpc) is 2.97. The zero-order chi connectivity index (χ0) is 24.8. The van der Waals surface area contributed by atoms with Crippen molar-refractivity contribution in [1.29, 1.82) is 0 Å². The first kappa shape index (κ1) is 26.2. The summed E-state index contributed by atoms with van der Waals surface area (Å²) in [5.74, 6) is -2.12. The fourth-order valence-corrected chi connectivity index (χ4v) is 7.35. The van der Waals surface area contributed by atoms with Crippen LogP contribution in [0.5, 0.6) is 0 Å². The number of alkyl halides is 1. The summed E-state index contributed by atoms with van der Waals surface area (Å²) in [5, 5.41) is 39.9. The highest BCUT2D eigenvalue weighted by Gasteiger charge is 2.75. The van der Waals surface area contributed by atoms with Crippen LogP contribution < -0.4 is 0 Å². The molecular formula is C25H37FO7. The van der Waals surface area contributed by atoms with Gasteiger partial charge in [-0.05, 0) is 56.6 Å². The Bertz CT molecular complexity index is 854. The molecule has 0 aromatic heterocycles. The molecule has 4 rings (SSSR count). The van der Waals surface area contributed by atoms with E-state index >= 15 is 4.39 Å². The number of aliphatic hydroxyl groups is 4. The zero-order valence-corrected chi connectivity index (χ0v) is 19.9. The number of allylic oxidation sites excluding steroid dienone is 4. The van der Waals surface area contributed by atoms with Gasteiger partial charge < -0.3 is 25.2 Å². The zero-order valence-electron chi connectivity index (χ0n) is 19.9. The summed E-state index contributed by atoms with van der Waals surface area (Å²) in [5.41, 5.74) is -5.17. The molecule has 0 aromatic carbocycles. The number of hydrogen-bond donors (Lipinski definition) is 4. The molecule has 3 fully saturated rings. The first-order valence-electron chi connectivity index (χ1n) is 11.7. The van der Waals surface area contributed by atoms with Crippen LogP contribution in [0.1, 0.15) is 46.5 Å². The third kappa shape index (κ3) is 3.48. The summed E-state index contributed by atoms with van der Waals surface area (Å²) < 4.78 is 21.3. The maximum absolute atomic E-state index is 16.9. The predicted molar refractivity (Wildman–Crippen MR) is 119 cm³/mol. The summed E-state index contributed by atoms with van der Waals surface area (Å²) >= 11 is 0. The van der Waals surface area contributed by atoms with Gasteiger partial charge in [-0.1, -0.05) is 25.5 Å². The summed E-state index contributed by atoms with van der Waals surface area (Å²) in [6.07, 6.45) is 4.44. The van der Waals surface area contributed by atoms with Crippen LogP contribution in [-0.4, -0.2) is 76.3 Å². The number of Topliss-reactive ketones (excluding diaryl/α,β-unsaturated/α-hetero) is 1. The molecule has 4 aliphatic carbocycles. The number of aliphatic hydroxyl groups excluding tert-OH is 3. The highest BCUT2D eigenvalue weighted by Crippen LogP contribution is 2.70. The molecule has 0 amide bonds. The van der Waals surface area contributed by atoms with E-state index in [9.17, 15) is 24.9 Å². The lowest BCUT2D eigenvalue weighted by Crippen LogP contribution is -2.69. The van der Waals surface area contributed by atoms with E-state index in [0.717, 1.165) is 0 Å². The van der Waals surface area contributed by atoms with E-state index in [1.54, 1.807) is 34.0 Å². The molecule has 8 atom stereocenters. The van der Waals surface area contributed by atoms with Crippen molar-refractivity contribution in [2.45, 2.75) is 63.8 Å². The molecule has 7 nitrogen and oxygen atoms in total. The molecule has 8 heteroatoms. The summed E-state index contributed by atoms with van der Waals surface area (Å²) in [6, 6.07) is 0. The van der Waals surface area contributed by atoms with Crippen molar-refractivity contribution in [3.63, 3.8) is 0 Å². The van der Waals surface area contributed by atoms with Gasteiger partial charge in [-0.25, -0.2) is 4.39 Å². The summed E-state index contributed by atoms with van der Waals surface area (Å²) in [7, 11) is 1.55. The molecular weight excluding hydrogens is 431 g/mol. The van der Waals surface area contributed by atoms with E-state index in [0.29, 0.717) is 31.4 Å². The van der Waals surface area contributed by atoms with Gasteiger partial charge in [0.1, 0.15) is 12.2 Å². The molecule has 4 aliphatic rings. The van der Waals surface area contributed by atoms with E-state index in [2.05, 4.69) is 4.74 Å². The summed E-state index contributed by atoms with van der Waals surface area (Å²) in [4.78, 5) is 24.4. The molecule has 0 spiro atoms. The molecule has 0 saturated heterocycles. The number of rotatable bonds is 4. The molecule has 0 aromatic rings. The Balaban J connectivity index is 0.000000555. The standard InChI is InChI=1S/C22H29FO5.C3H8O2/c1-12-8-16-15-5-4-13-9-14(25)6-7-19(13,2)21(15,23)17(26)10-20(16,3)22(12,28)18(27)11-24;1-5-3-2-4/h6-7,9,12,15-17,24,26,28H,4-5,8,10-11H2,1-3H3;4H,2-3H2,1H3/t12-,15-,16-,17-,19-,20-,21-,22-;/m0./s1. The van der Waals surface area contributed by atoms with Crippen LogP contribution in [0, 0.1) is 28.6 Å². The summed E-state index contributed by atoms with van der Waals surface area (Å²) in [6.45, 7) is 5.05. The minimum atomic E-state index is -1.98. The quantitative estimate of drug-likeness (QED) is 0.493. The molecule has 33 heavy (non-hydrogen) atoms. The second-order valence-electron chi connectivity index (χ2n) is 10.5. The van der Waals surface area contributed by atoms with Crippen LogP contribution in [0.3, 0.4) is 0 Å². The number of ketones is 2. The molecule has 0 unspecified atom stereocenters. The lowest BCUT2D eigenvalue weighted by Gasteiger charge is -2.62. The Morgan fingerprint density at radius 2 is 1.94 bits per heavy atom. The van der Waals surface area contributed by atoms with Crippen molar-refractivity contribution >= 4 is 11.6 Å². The Morgan fingerprint density at radius 1 is 1.27 bits per heavy atom. The van der Waals surface area contributed by atoms with Gasteiger partial charge in [0.2, 0.25) is 0 Å². The fourth-order valence-electron chi connectivity index (χ4n) is 7.35. The normalized spacial score (nSPS) is 45.8. The van der Waals surface area contributed by atoms with Gasteiger partial charge in [-0.3, -0.25) is 9.59 Å². The monoisotopic (exact) mass is 468 g/mol. The Morgan fingerprint density at radius 3 is 2.48 bits per heavy atom. The van der Waals surface area contributed by atoms with Crippen molar-refractivity contribution < 1.29 is 39.1 Å². The Labute approximate surface area is 194 Å². The smallest absolute Gasteiger partial charge is 0.190 e. The average molecular weight is 469 g/mol. The number of methoxy groups -OCH3 is 1. The molecule has 186 valence electrons. The Hall–Kier alpha value is -1.45. The van der Waals surface area contributed by atoms with Crippen molar-refractivity contribution in [1.82, 2.24) is 0 Å². The van der Waals surface area contributed by atoms with Gasteiger partial charge in [0.05, 0.1) is 19.3 Å². The lowest BCUT2D eigenvalue weighted by atomic mass is 9.44. The first-order chi connectivity index (χ1) is 15.4. The SMILES string of the molecule is COCCO.C[C@H]1C[C@H]2[C@@H]3CCC4=CC(=O)C=C[C@]4(C)[C@@]3(F)[C@@H](O)C[C@]2(C)[C@@]1(O)C(=O)CO. The highest BCUT2D eigenvalue weighted by atomic mass is 19.1. The van der Waals surface area contributed by atoms with Crippen LogP contribution >= 0.6 is 0 Å². The molecule has 4 N–H and O–H groups in total.